The van der Waals surface area contributed by atoms with E-state index < -0.39 is 9.84 Å². The molecule has 0 aliphatic rings. The van der Waals surface area contributed by atoms with Crippen molar-refractivity contribution in [2.45, 2.75) is 18.7 Å². The molecule has 26 heavy (non-hydrogen) atoms. The molecule has 0 atom stereocenters. The predicted octanol–water partition coefficient (Wildman–Crippen LogP) is 2.61. The smallest absolute Gasteiger partial charge is 0.251 e. The number of benzene rings is 2. The molecule has 7 heteroatoms. The number of carbonyl (C=O) groups is 1. The average molecular weight is 377 g/mol. The van der Waals surface area contributed by atoms with E-state index in [9.17, 15) is 13.2 Å². The summed E-state index contributed by atoms with van der Waals surface area (Å²) < 4.78 is 34.2. The van der Waals surface area contributed by atoms with Gasteiger partial charge in [-0.3, -0.25) is 4.79 Å². The van der Waals surface area contributed by atoms with Crippen molar-refractivity contribution < 1.29 is 22.7 Å². The lowest BCUT2D eigenvalue weighted by atomic mass is 10.1. The molecule has 2 rings (SSSR count). The first-order valence-electron chi connectivity index (χ1n) is 8.26. The van der Waals surface area contributed by atoms with Crippen LogP contribution in [0.3, 0.4) is 0 Å². The van der Waals surface area contributed by atoms with E-state index in [0.29, 0.717) is 36.6 Å². The van der Waals surface area contributed by atoms with Crippen LogP contribution >= 0.6 is 0 Å². The number of hydrogen-bond acceptors (Lipinski definition) is 5. The van der Waals surface area contributed by atoms with Crippen molar-refractivity contribution in [3.63, 3.8) is 0 Å². The summed E-state index contributed by atoms with van der Waals surface area (Å²) in [6, 6.07) is 11.7. The minimum absolute atomic E-state index is 0.124. The first kappa shape index (κ1) is 19.8. The maximum Gasteiger partial charge on any atom is 0.251 e. The van der Waals surface area contributed by atoms with Crippen LogP contribution in [-0.4, -0.2) is 40.3 Å². The minimum Gasteiger partial charge on any atom is -0.494 e. The van der Waals surface area contributed by atoms with Gasteiger partial charge in [-0.15, -0.1) is 0 Å². The minimum atomic E-state index is -3.36. The summed E-state index contributed by atoms with van der Waals surface area (Å²) in [4.78, 5) is 12.4. The van der Waals surface area contributed by atoms with Gasteiger partial charge in [0.1, 0.15) is 18.1 Å². The molecule has 0 saturated carbocycles. The van der Waals surface area contributed by atoms with E-state index in [-0.39, 0.29) is 10.8 Å². The largest absolute Gasteiger partial charge is 0.494 e. The molecule has 1 amide bonds. The molecule has 0 aliphatic carbocycles. The van der Waals surface area contributed by atoms with E-state index in [4.69, 9.17) is 9.47 Å². The van der Waals surface area contributed by atoms with E-state index in [0.717, 1.165) is 12.0 Å². The fourth-order valence-corrected chi connectivity index (χ4v) is 2.95. The fraction of sp³-hybridized carbons (Fsp3) is 0.316. The van der Waals surface area contributed by atoms with Gasteiger partial charge in [-0.2, -0.15) is 0 Å². The van der Waals surface area contributed by atoms with Crippen LogP contribution in [0.25, 0.3) is 0 Å². The molecule has 0 fully saturated rings. The highest BCUT2D eigenvalue weighted by Crippen LogP contribution is 2.17. The number of sulfone groups is 1. The van der Waals surface area contributed by atoms with E-state index >= 15 is 0 Å². The van der Waals surface area contributed by atoms with Crippen molar-refractivity contribution in [1.82, 2.24) is 5.32 Å². The standard InChI is InChI=1S/C19H23NO5S/c1-4-24-15-6-8-16(9-7-15)25-12-11-20-19(21)18-13-17(26(3,22)23)10-5-14(18)2/h5-10,13H,4,11-12H2,1-3H3,(H,20,21). The normalized spacial score (nSPS) is 11.0. The SMILES string of the molecule is CCOc1ccc(OCCNC(=O)c2cc(S(C)(=O)=O)ccc2C)cc1. The Balaban J connectivity index is 1.89. The molecule has 0 aromatic heterocycles. The summed E-state index contributed by atoms with van der Waals surface area (Å²) >= 11 is 0. The van der Waals surface area contributed by atoms with Crippen LogP contribution in [0.2, 0.25) is 0 Å². The third-order valence-electron chi connectivity index (χ3n) is 3.67. The van der Waals surface area contributed by atoms with Crippen molar-refractivity contribution >= 4 is 15.7 Å². The number of aryl methyl sites for hydroxylation is 1. The Morgan fingerprint density at radius 3 is 2.23 bits per heavy atom. The van der Waals surface area contributed by atoms with E-state index in [1.54, 1.807) is 25.1 Å². The third-order valence-corrected chi connectivity index (χ3v) is 4.78. The Bertz CT molecular complexity index is 860. The summed E-state index contributed by atoms with van der Waals surface area (Å²) in [7, 11) is -3.36. The quantitative estimate of drug-likeness (QED) is 0.715. The lowest BCUT2D eigenvalue weighted by molar-refractivity contribution is 0.0946. The lowest BCUT2D eigenvalue weighted by Crippen LogP contribution is -2.28. The summed E-state index contributed by atoms with van der Waals surface area (Å²) in [6.45, 7) is 4.88. The highest BCUT2D eigenvalue weighted by Gasteiger charge is 2.14. The number of amides is 1. The van der Waals surface area contributed by atoms with Gasteiger partial charge in [0.05, 0.1) is 18.0 Å². The molecule has 0 heterocycles. The van der Waals surface area contributed by atoms with Crippen LogP contribution in [0.4, 0.5) is 0 Å². The molecule has 0 bridgehead atoms. The predicted molar refractivity (Wildman–Crippen MR) is 99.7 cm³/mol. The molecule has 0 spiro atoms. The zero-order valence-corrected chi connectivity index (χ0v) is 15.9. The van der Waals surface area contributed by atoms with Crippen LogP contribution in [0.5, 0.6) is 11.5 Å². The van der Waals surface area contributed by atoms with E-state index in [2.05, 4.69) is 5.32 Å². The number of rotatable bonds is 8. The highest BCUT2D eigenvalue weighted by molar-refractivity contribution is 7.90. The summed E-state index contributed by atoms with van der Waals surface area (Å²) in [6.07, 6.45) is 1.12. The fourth-order valence-electron chi connectivity index (χ4n) is 2.30. The number of ether oxygens (including phenoxy) is 2. The Labute approximate surface area is 154 Å². The van der Waals surface area contributed by atoms with E-state index in [1.807, 2.05) is 19.1 Å². The molecule has 0 aliphatic heterocycles. The molecule has 0 unspecified atom stereocenters. The molecule has 2 aromatic rings. The number of carbonyl (C=O) groups excluding carboxylic acids is 1. The molecule has 2 aromatic carbocycles. The van der Waals surface area contributed by atoms with Gasteiger partial charge in [0.15, 0.2) is 9.84 Å². The average Bonchev–Trinajstić information content (AvgIpc) is 2.59. The first-order chi connectivity index (χ1) is 12.3. The van der Waals surface area contributed by atoms with Crippen LogP contribution in [-0.2, 0) is 9.84 Å². The van der Waals surface area contributed by atoms with E-state index in [1.165, 1.54) is 12.1 Å². The topological polar surface area (TPSA) is 81.7 Å². The summed E-state index contributed by atoms with van der Waals surface area (Å²) in [5.74, 6) is 1.12. The van der Waals surface area contributed by atoms with Gasteiger partial charge in [0.2, 0.25) is 0 Å². The van der Waals surface area contributed by atoms with Crippen molar-refractivity contribution in [3.05, 3.63) is 53.6 Å². The van der Waals surface area contributed by atoms with Gasteiger partial charge in [0, 0.05) is 11.8 Å². The second-order valence-corrected chi connectivity index (χ2v) is 7.77. The Morgan fingerprint density at radius 2 is 1.65 bits per heavy atom. The van der Waals surface area contributed by atoms with Crippen molar-refractivity contribution in [2.24, 2.45) is 0 Å². The Morgan fingerprint density at radius 1 is 1.04 bits per heavy atom. The lowest BCUT2D eigenvalue weighted by Gasteiger charge is -2.11. The highest BCUT2D eigenvalue weighted by atomic mass is 32.2. The van der Waals surface area contributed by atoms with Gasteiger partial charge in [-0.05, 0) is 55.8 Å². The van der Waals surface area contributed by atoms with Crippen molar-refractivity contribution in [3.8, 4) is 11.5 Å². The monoisotopic (exact) mass is 377 g/mol. The second kappa shape index (κ2) is 8.71. The molecule has 1 N–H and O–H groups in total. The second-order valence-electron chi connectivity index (χ2n) is 5.76. The first-order valence-corrected chi connectivity index (χ1v) is 10.1. The molecular formula is C19H23NO5S. The molecule has 0 radical (unpaired) electrons. The molecule has 0 saturated heterocycles. The number of nitrogens with one attached hydrogen (secondary N) is 1. The van der Waals surface area contributed by atoms with Gasteiger partial charge >= 0.3 is 0 Å². The molecular weight excluding hydrogens is 354 g/mol. The summed E-state index contributed by atoms with van der Waals surface area (Å²) in [5, 5.41) is 2.74. The van der Waals surface area contributed by atoms with Crippen LogP contribution in [0, 0.1) is 6.92 Å². The van der Waals surface area contributed by atoms with Gasteiger partial charge < -0.3 is 14.8 Å². The third kappa shape index (κ3) is 5.49. The molecule has 140 valence electrons. The Kier molecular flexibility index (Phi) is 6.63. The van der Waals surface area contributed by atoms with Gasteiger partial charge in [-0.1, -0.05) is 6.07 Å². The number of hydrogen-bond donors (Lipinski definition) is 1. The van der Waals surface area contributed by atoms with Gasteiger partial charge in [0.25, 0.3) is 5.91 Å². The summed E-state index contributed by atoms with van der Waals surface area (Å²) in [5.41, 5.74) is 1.05. The molecule has 6 nitrogen and oxygen atoms in total. The zero-order valence-electron chi connectivity index (χ0n) is 15.1. The van der Waals surface area contributed by atoms with Crippen molar-refractivity contribution in [2.75, 3.05) is 26.0 Å². The maximum absolute atomic E-state index is 12.3. The Hall–Kier alpha value is -2.54. The van der Waals surface area contributed by atoms with Crippen molar-refractivity contribution in [1.29, 1.82) is 0 Å². The van der Waals surface area contributed by atoms with Crippen LogP contribution < -0.4 is 14.8 Å². The van der Waals surface area contributed by atoms with Gasteiger partial charge in [-0.25, -0.2) is 8.42 Å². The van der Waals surface area contributed by atoms with Crippen LogP contribution in [0.1, 0.15) is 22.8 Å². The maximum atomic E-state index is 12.3. The zero-order chi connectivity index (χ0) is 19.2. The van der Waals surface area contributed by atoms with Crippen LogP contribution in [0.15, 0.2) is 47.4 Å².